The minimum atomic E-state index is 0.486. The molecule has 118 valence electrons. The molecule has 1 aliphatic heterocycles. The summed E-state index contributed by atoms with van der Waals surface area (Å²) in [6.07, 6.45) is 1.17. The molecule has 0 bridgehead atoms. The standard InChI is InChI=1S/C17H28N2O2/c1-6-18-17-7-8-19(13(3)12(17)2)14-9-15(20-4)11-16(10-14)21-5/h9-13,17-18H,6-8H2,1-5H3. The molecule has 3 unspecified atom stereocenters. The van der Waals surface area contributed by atoms with Gasteiger partial charge < -0.3 is 19.7 Å². The fraction of sp³-hybridized carbons (Fsp3) is 0.647. The van der Waals surface area contributed by atoms with Crippen molar-refractivity contribution < 1.29 is 9.47 Å². The lowest BCUT2D eigenvalue weighted by atomic mass is 9.86. The van der Waals surface area contributed by atoms with Gasteiger partial charge in [-0.3, -0.25) is 0 Å². The van der Waals surface area contributed by atoms with Crippen molar-refractivity contribution in [2.45, 2.75) is 39.3 Å². The Labute approximate surface area is 128 Å². The molecule has 0 spiro atoms. The van der Waals surface area contributed by atoms with Crippen LogP contribution in [0.15, 0.2) is 18.2 Å². The van der Waals surface area contributed by atoms with E-state index in [1.165, 1.54) is 12.1 Å². The molecule has 1 fully saturated rings. The molecule has 1 aromatic carbocycles. The Balaban J connectivity index is 2.22. The van der Waals surface area contributed by atoms with Crippen LogP contribution in [-0.4, -0.2) is 39.4 Å². The topological polar surface area (TPSA) is 33.7 Å². The van der Waals surface area contributed by atoms with E-state index in [1.807, 2.05) is 6.07 Å². The number of methoxy groups -OCH3 is 2. The van der Waals surface area contributed by atoms with E-state index >= 15 is 0 Å². The van der Waals surface area contributed by atoms with E-state index in [-0.39, 0.29) is 0 Å². The second-order valence-corrected chi connectivity index (χ2v) is 5.82. The quantitative estimate of drug-likeness (QED) is 0.905. The lowest BCUT2D eigenvalue weighted by molar-refractivity contribution is 0.274. The van der Waals surface area contributed by atoms with Crippen LogP contribution in [0, 0.1) is 5.92 Å². The first kappa shape index (κ1) is 16.0. The highest BCUT2D eigenvalue weighted by Gasteiger charge is 2.32. The zero-order chi connectivity index (χ0) is 15.4. The average molecular weight is 292 g/mol. The molecule has 0 amide bonds. The van der Waals surface area contributed by atoms with Crippen LogP contribution in [0.3, 0.4) is 0 Å². The Hall–Kier alpha value is -1.42. The Morgan fingerprint density at radius 3 is 2.29 bits per heavy atom. The molecule has 0 saturated carbocycles. The summed E-state index contributed by atoms with van der Waals surface area (Å²) in [7, 11) is 3.39. The molecule has 21 heavy (non-hydrogen) atoms. The van der Waals surface area contributed by atoms with Gasteiger partial charge in [0.05, 0.1) is 14.2 Å². The fourth-order valence-electron chi connectivity index (χ4n) is 3.24. The summed E-state index contributed by atoms with van der Waals surface area (Å²) < 4.78 is 10.8. The van der Waals surface area contributed by atoms with Crippen molar-refractivity contribution in [1.29, 1.82) is 0 Å². The highest BCUT2D eigenvalue weighted by molar-refractivity contribution is 5.56. The van der Waals surface area contributed by atoms with Gasteiger partial charge in [0, 0.05) is 42.5 Å². The van der Waals surface area contributed by atoms with Gasteiger partial charge in [-0.05, 0) is 25.8 Å². The molecular weight excluding hydrogens is 264 g/mol. The monoisotopic (exact) mass is 292 g/mol. The van der Waals surface area contributed by atoms with E-state index in [9.17, 15) is 0 Å². The molecule has 1 aromatic rings. The Bertz CT molecular complexity index is 442. The average Bonchev–Trinajstić information content (AvgIpc) is 2.51. The molecular formula is C17H28N2O2. The van der Waals surface area contributed by atoms with Gasteiger partial charge in [-0.1, -0.05) is 13.8 Å². The summed E-state index contributed by atoms with van der Waals surface area (Å²) in [4.78, 5) is 2.46. The van der Waals surface area contributed by atoms with Gasteiger partial charge in [0.2, 0.25) is 0 Å². The Morgan fingerprint density at radius 1 is 1.14 bits per heavy atom. The third-order valence-electron chi connectivity index (χ3n) is 4.70. The number of hydrogen-bond acceptors (Lipinski definition) is 4. The SMILES string of the molecule is CCNC1CCN(c2cc(OC)cc(OC)c2)C(C)C1C. The van der Waals surface area contributed by atoms with Gasteiger partial charge in [-0.15, -0.1) is 0 Å². The fourth-order valence-corrected chi connectivity index (χ4v) is 3.24. The molecule has 1 aliphatic rings. The molecule has 0 aromatic heterocycles. The van der Waals surface area contributed by atoms with E-state index in [2.05, 4.69) is 43.1 Å². The van der Waals surface area contributed by atoms with Crippen molar-refractivity contribution in [3.8, 4) is 11.5 Å². The Morgan fingerprint density at radius 2 is 1.76 bits per heavy atom. The van der Waals surface area contributed by atoms with Crippen LogP contribution in [0.1, 0.15) is 27.2 Å². The predicted octanol–water partition coefficient (Wildman–Crippen LogP) is 2.92. The molecule has 0 aliphatic carbocycles. The number of ether oxygens (including phenoxy) is 2. The van der Waals surface area contributed by atoms with Crippen LogP contribution in [-0.2, 0) is 0 Å². The number of nitrogens with zero attached hydrogens (tertiary/aromatic N) is 1. The maximum atomic E-state index is 5.39. The summed E-state index contributed by atoms with van der Waals surface area (Å²) in [5.74, 6) is 2.30. The molecule has 1 heterocycles. The van der Waals surface area contributed by atoms with E-state index < -0.39 is 0 Å². The van der Waals surface area contributed by atoms with Gasteiger partial charge in [-0.2, -0.15) is 0 Å². The van der Waals surface area contributed by atoms with E-state index in [0.717, 1.165) is 24.6 Å². The maximum Gasteiger partial charge on any atom is 0.124 e. The molecule has 4 nitrogen and oxygen atoms in total. The first-order chi connectivity index (χ1) is 10.1. The third-order valence-corrected chi connectivity index (χ3v) is 4.70. The number of hydrogen-bond donors (Lipinski definition) is 1. The molecule has 1 saturated heterocycles. The number of rotatable bonds is 5. The summed E-state index contributed by atoms with van der Waals surface area (Å²) >= 11 is 0. The lowest BCUT2D eigenvalue weighted by Gasteiger charge is -2.44. The van der Waals surface area contributed by atoms with Crippen LogP contribution in [0.2, 0.25) is 0 Å². The number of benzene rings is 1. The van der Waals surface area contributed by atoms with Crippen LogP contribution in [0.25, 0.3) is 0 Å². The van der Waals surface area contributed by atoms with Gasteiger partial charge in [0.15, 0.2) is 0 Å². The van der Waals surface area contributed by atoms with Gasteiger partial charge in [0.25, 0.3) is 0 Å². The van der Waals surface area contributed by atoms with Crippen molar-refractivity contribution >= 4 is 5.69 Å². The van der Waals surface area contributed by atoms with Crippen molar-refractivity contribution in [2.75, 3.05) is 32.2 Å². The molecule has 3 atom stereocenters. The number of piperidine rings is 1. The van der Waals surface area contributed by atoms with Gasteiger partial charge in [-0.25, -0.2) is 0 Å². The number of nitrogens with one attached hydrogen (secondary N) is 1. The van der Waals surface area contributed by atoms with Crippen molar-refractivity contribution in [3.63, 3.8) is 0 Å². The largest absolute Gasteiger partial charge is 0.497 e. The second-order valence-electron chi connectivity index (χ2n) is 5.82. The predicted molar refractivity (Wildman–Crippen MR) is 87.6 cm³/mol. The first-order valence-electron chi connectivity index (χ1n) is 7.83. The summed E-state index contributed by atoms with van der Waals surface area (Å²) in [5, 5.41) is 3.61. The van der Waals surface area contributed by atoms with Gasteiger partial charge in [0.1, 0.15) is 11.5 Å². The lowest BCUT2D eigenvalue weighted by Crippen LogP contribution is -2.53. The van der Waals surface area contributed by atoms with Crippen molar-refractivity contribution in [1.82, 2.24) is 5.32 Å². The summed E-state index contributed by atoms with van der Waals surface area (Å²) in [6, 6.07) is 7.20. The molecule has 0 radical (unpaired) electrons. The number of anilines is 1. The highest BCUT2D eigenvalue weighted by Crippen LogP contribution is 2.34. The molecule has 2 rings (SSSR count). The van der Waals surface area contributed by atoms with Crippen LogP contribution >= 0.6 is 0 Å². The van der Waals surface area contributed by atoms with E-state index in [0.29, 0.717) is 18.0 Å². The maximum absolute atomic E-state index is 5.39. The van der Waals surface area contributed by atoms with E-state index in [4.69, 9.17) is 9.47 Å². The first-order valence-corrected chi connectivity index (χ1v) is 7.83. The summed E-state index contributed by atoms with van der Waals surface area (Å²) in [6.45, 7) is 8.91. The van der Waals surface area contributed by atoms with E-state index in [1.54, 1.807) is 14.2 Å². The van der Waals surface area contributed by atoms with Crippen LogP contribution < -0.4 is 19.7 Å². The normalized spacial score (nSPS) is 25.8. The van der Waals surface area contributed by atoms with Gasteiger partial charge >= 0.3 is 0 Å². The Kier molecular flexibility index (Phi) is 5.34. The van der Waals surface area contributed by atoms with Crippen molar-refractivity contribution in [3.05, 3.63) is 18.2 Å². The van der Waals surface area contributed by atoms with Crippen LogP contribution in [0.4, 0.5) is 5.69 Å². The zero-order valence-corrected chi connectivity index (χ0v) is 13.8. The molecule has 1 N–H and O–H groups in total. The van der Waals surface area contributed by atoms with Crippen molar-refractivity contribution in [2.24, 2.45) is 5.92 Å². The smallest absolute Gasteiger partial charge is 0.124 e. The minimum Gasteiger partial charge on any atom is -0.497 e. The summed E-state index contributed by atoms with van der Waals surface area (Å²) in [5.41, 5.74) is 1.18. The zero-order valence-electron chi connectivity index (χ0n) is 13.8. The van der Waals surface area contributed by atoms with Crippen LogP contribution in [0.5, 0.6) is 11.5 Å². The minimum absolute atomic E-state index is 0.486. The third kappa shape index (κ3) is 3.43. The highest BCUT2D eigenvalue weighted by atomic mass is 16.5. The second kappa shape index (κ2) is 7.03. The molecule has 4 heteroatoms.